The maximum Gasteiger partial charge on any atom is 0.191 e. The van der Waals surface area contributed by atoms with Gasteiger partial charge in [-0.05, 0) is 29.8 Å². The number of guanidine groups is 1. The summed E-state index contributed by atoms with van der Waals surface area (Å²) in [5.41, 5.74) is 3.37. The standard InChI is InChI=1S/C24H32N6O2/c1-25-24(27-17-23-28-20-6-4-5-7-21(20)29(23)2)26-16-22(30-12-14-32-15-13-30)18-8-10-19(31-3)11-9-18/h4-11,22H,12-17H2,1-3H3,(H2,25,26,27). The van der Waals surface area contributed by atoms with Crippen molar-refractivity contribution >= 4 is 17.0 Å². The van der Waals surface area contributed by atoms with Crippen LogP contribution < -0.4 is 15.4 Å². The van der Waals surface area contributed by atoms with E-state index in [1.165, 1.54) is 5.56 Å². The molecule has 1 aromatic heterocycles. The van der Waals surface area contributed by atoms with Crippen molar-refractivity contribution in [3.63, 3.8) is 0 Å². The molecule has 1 saturated heterocycles. The fourth-order valence-corrected chi connectivity index (χ4v) is 4.10. The summed E-state index contributed by atoms with van der Waals surface area (Å²) in [5, 5.41) is 6.91. The van der Waals surface area contributed by atoms with E-state index in [0.29, 0.717) is 6.54 Å². The van der Waals surface area contributed by atoms with Crippen LogP contribution in [-0.4, -0.2) is 67.4 Å². The lowest BCUT2D eigenvalue weighted by Gasteiger charge is -2.35. The SMILES string of the molecule is CN=C(NCc1nc2ccccc2n1C)NCC(c1ccc(OC)cc1)N1CCOCC1. The number of para-hydroxylation sites is 2. The van der Waals surface area contributed by atoms with E-state index in [0.717, 1.165) is 61.4 Å². The maximum atomic E-state index is 5.57. The first-order valence-electron chi connectivity index (χ1n) is 11.0. The number of ether oxygens (including phenoxy) is 2. The van der Waals surface area contributed by atoms with E-state index in [2.05, 4.69) is 43.3 Å². The Hall–Kier alpha value is -3.10. The highest BCUT2D eigenvalue weighted by Crippen LogP contribution is 2.23. The summed E-state index contributed by atoms with van der Waals surface area (Å²) in [4.78, 5) is 11.6. The van der Waals surface area contributed by atoms with Gasteiger partial charge in [-0.15, -0.1) is 0 Å². The fraction of sp³-hybridized carbons (Fsp3) is 0.417. The molecule has 8 nitrogen and oxygen atoms in total. The average molecular weight is 437 g/mol. The third-order valence-electron chi connectivity index (χ3n) is 5.97. The zero-order valence-electron chi connectivity index (χ0n) is 19.0. The smallest absolute Gasteiger partial charge is 0.191 e. The third-order valence-corrected chi connectivity index (χ3v) is 5.97. The van der Waals surface area contributed by atoms with Gasteiger partial charge in [0.05, 0.1) is 43.9 Å². The molecule has 1 aliphatic heterocycles. The Balaban J connectivity index is 1.42. The van der Waals surface area contributed by atoms with Gasteiger partial charge in [-0.3, -0.25) is 9.89 Å². The van der Waals surface area contributed by atoms with Crippen LogP contribution in [0.1, 0.15) is 17.4 Å². The minimum absolute atomic E-state index is 0.208. The molecule has 0 radical (unpaired) electrons. The number of rotatable bonds is 7. The van der Waals surface area contributed by atoms with Crippen LogP contribution in [0.15, 0.2) is 53.5 Å². The van der Waals surface area contributed by atoms with Crippen LogP contribution in [0.4, 0.5) is 0 Å². The number of benzene rings is 2. The molecule has 0 bridgehead atoms. The van der Waals surface area contributed by atoms with Crippen molar-refractivity contribution in [1.82, 2.24) is 25.1 Å². The molecule has 0 aliphatic carbocycles. The summed E-state index contributed by atoms with van der Waals surface area (Å²) in [6.45, 7) is 4.65. The zero-order chi connectivity index (χ0) is 22.3. The molecule has 4 rings (SSSR count). The fourth-order valence-electron chi connectivity index (χ4n) is 4.10. The number of nitrogens with zero attached hydrogens (tertiary/aromatic N) is 4. The van der Waals surface area contributed by atoms with Crippen molar-refractivity contribution in [3.05, 3.63) is 59.9 Å². The number of aromatic nitrogens is 2. The molecule has 1 aliphatic rings. The summed E-state index contributed by atoms with van der Waals surface area (Å²) < 4.78 is 13.0. The number of fused-ring (bicyclic) bond motifs is 1. The van der Waals surface area contributed by atoms with Gasteiger partial charge in [-0.2, -0.15) is 0 Å². The van der Waals surface area contributed by atoms with Crippen molar-refractivity contribution < 1.29 is 9.47 Å². The van der Waals surface area contributed by atoms with Gasteiger partial charge in [0.15, 0.2) is 5.96 Å². The molecule has 2 aromatic carbocycles. The van der Waals surface area contributed by atoms with Crippen molar-refractivity contribution in [2.24, 2.45) is 12.0 Å². The lowest BCUT2D eigenvalue weighted by atomic mass is 10.0. The van der Waals surface area contributed by atoms with Gasteiger partial charge in [0.2, 0.25) is 0 Å². The molecule has 32 heavy (non-hydrogen) atoms. The molecule has 1 unspecified atom stereocenters. The predicted octanol–water partition coefficient (Wildman–Crippen LogP) is 2.32. The molecule has 1 fully saturated rings. The van der Waals surface area contributed by atoms with Gasteiger partial charge in [0, 0.05) is 33.7 Å². The Morgan fingerprint density at radius 3 is 2.56 bits per heavy atom. The maximum absolute atomic E-state index is 5.57. The van der Waals surface area contributed by atoms with Crippen molar-refractivity contribution in [2.75, 3.05) is 47.0 Å². The van der Waals surface area contributed by atoms with Gasteiger partial charge in [0.1, 0.15) is 11.6 Å². The molecule has 0 saturated carbocycles. The first kappa shape index (κ1) is 22.1. The average Bonchev–Trinajstić information content (AvgIpc) is 3.17. The Labute approximate surface area is 189 Å². The molecule has 8 heteroatoms. The first-order chi connectivity index (χ1) is 15.7. The molecule has 0 spiro atoms. The van der Waals surface area contributed by atoms with Crippen LogP contribution >= 0.6 is 0 Å². The number of hydrogen-bond donors (Lipinski definition) is 2. The van der Waals surface area contributed by atoms with Crippen LogP contribution in [0, 0.1) is 0 Å². The topological polar surface area (TPSA) is 75.9 Å². The summed E-state index contributed by atoms with van der Waals surface area (Å²) in [6, 6.07) is 16.7. The molecule has 3 aromatic rings. The van der Waals surface area contributed by atoms with Gasteiger partial charge >= 0.3 is 0 Å². The molecule has 2 N–H and O–H groups in total. The van der Waals surface area contributed by atoms with E-state index in [1.54, 1.807) is 14.2 Å². The van der Waals surface area contributed by atoms with Crippen molar-refractivity contribution in [2.45, 2.75) is 12.6 Å². The molecule has 170 valence electrons. The molecular formula is C24H32N6O2. The number of nitrogens with one attached hydrogen (secondary N) is 2. The minimum Gasteiger partial charge on any atom is -0.497 e. The second-order valence-corrected chi connectivity index (χ2v) is 7.82. The molecule has 1 atom stereocenters. The number of aryl methyl sites for hydroxylation is 1. The zero-order valence-corrected chi connectivity index (χ0v) is 19.0. The van der Waals surface area contributed by atoms with E-state index in [1.807, 2.05) is 37.4 Å². The number of imidazole rings is 1. The summed E-state index contributed by atoms with van der Waals surface area (Å²) in [6.07, 6.45) is 0. The van der Waals surface area contributed by atoms with E-state index in [9.17, 15) is 0 Å². The van der Waals surface area contributed by atoms with Gasteiger partial charge in [-0.1, -0.05) is 24.3 Å². The Bertz CT molecular complexity index is 1040. The van der Waals surface area contributed by atoms with Crippen LogP contribution in [0.2, 0.25) is 0 Å². The largest absolute Gasteiger partial charge is 0.497 e. The second kappa shape index (κ2) is 10.5. The summed E-state index contributed by atoms with van der Waals surface area (Å²) in [5.74, 6) is 2.58. The number of methoxy groups -OCH3 is 1. The van der Waals surface area contributed by atoms with Crippen molar-refractivity contribution in [3.8, 4) is 5.75 Å². The summed E-state index contributed by atoms with van der Waals surface area (Å²) in [7, 11) is 5.53. The lowest BCUT2D eigenvalue weighted by Crippen LogP contribution is -2.46. The highest BCUT2D eigenvalue weighted by Gasteiger charge is 2.23. The van der Waals surface area contributed by atoms with Gasteiger partial charge in [0.25, 0.3) is 0 Å². The Kier molecular flexibility index (Phi) is 7.24. The first-order valence-corrected chi connectivity index (χ1v) is 11.0. The number of aliphatic imine (C=N–C) groups is 1. The normalized spacial score (nSPS) is 16.2. The van der Waals surface area contributed by atoms with E-state index >= 15 is 0 Å². The van der Waals surface area contributed by atoms with Crippen molar-refractivity contribution in [1.29, 1.82) is 0 Å². The Morgan fingerprint density at radius 1 is 1.12 bits per heavy atom. The van der Waals surface area contributed by atoms with E-state index < -0.39 is 0 Å². The molecule has 2 heterocycles. The van der Waals surface area contributed by atoms with Crippen LogP contribution in [0.3, 0.4) is 0 Å². The van der Waals surface area contributed by atoms with E-state index in [-0.39, 0.29) is 6.04 Å². The third kappa shape index (κ3) is 5.03. The highest BCUT2D eigenvalue weighted by molar-refractivity contribution is 5.80. The molecule has 0 amide bonds. The quantitative estimate of drug-likeness (QED) is 0.437. The van der Waals surface area contributed by atoms with Crippen LogP contribution in [0.25, 0.3) is 11.0 Å². The van der Waals surface area contributed by atoms with E-state index in [4.69, 9.17) is 14.5 Å². The van der Waals surface area contributed by atoms with Gasteiger partial charge in [-0.25, -0.2) is 4.98 Å². The monoisotopic (exact) mass is 436 g/mol. The highest BCUT2D eigenvalue weighted by atomic mass is 16.5. The molecular weight excluding hydrogens is 404 g/mol. The Morgan fingerprint density at radius 2 is 1.88 bits per heavy atom. The summed E-state index contributed by atoms with van der Waals surface area (Å²) >= 11 is 0. The second-order valence-electron chi connectivity index (χ2n) is 7.82. The predicted molar refractivity (Wildman–Crippen MR) is 127 cm³/mol. The minimum atomic E-state index is 0.208. The number of morpholine rings is 1. The van der Waals surface area contributed by atoms with Crippen LogP contribution in [-0.2, 0) is 18.3 Å². The van der Waals surface area contributed by atoms with Gasteiger partial charge < -0.3 is 24.7 Å². The van der Waals surface area contributed by atoms with Crippen LogP contribution in [0.5, 0.6) is 5.75 Å². The number of hydrogen-bond acceptors (Lipinski definition) is 5. The lowest BCUT2D eigenvalue weighted by molar-refractivity contribution is 0.0170.